The highest BCUT2D eigenvalue weighted by Gasteiger charge is 2.34. The van der Waals surface area contributed by atoms with Crippen LogP contribution >= 0.6 is 0 Å². The standard InChI is InChI=1S/C16H17N3O/c1-11-2-4-12(5-3-11)16(20)19(14-7-8-14)15-9-6-13(17)10-18-15/h2-6,9-10,14H,7-8,17H2,1H3. The van der Waals surface area contributed by atoms with E-state index in [1.165, 1.54) is 0 Å². The lowest BCUT2D eigenvalue weighted by Gasteiger charge is -2.21. The first-order chi connectivity index (χ1) is 9.65. The Balaban J connectivity index is 1.92. The van der Waals surface area contributed by atoms with Crippen molar-refractivity contribution in [3.8, 4) is 0 Å². The average molecular weight is 267 g/mol. The lowest BCUT2D eigenvalue weighted by atomic mass is 10.1. The monoisotopic (exact) mass is 267 g/mol. The van der Waals surface area contributed by atoms with Crippen LogP contribution in [0.4, 0.5) is 11.5 Å². The van der Waals surface area contributed by atoms with E-state index in [2.05, 4.69) is 4.98 Å². The summed E-state index contributed by atoms with van der Waals surface area (Å²) in [6, 6.07) is 11.5. The van der Waals surface area contributed by atoms with E-state index < -0.39 is 0 Å². The van der Waals surface area contributed by atoms with E-state index in [9.17, 15) is 4.79 Å². The van der Waals surface area contributed by atoms with Gasteiger partial charge in [0.2, 0.25) is 0 Å². The van der Waals surface area contributed by atoms with Crippen molar-refractivity contribution in [3.05, 3.63) is 53.7 Å². The van der Waals surface area contributed by atoms with Gasteiger partial charge in [-0.05, 0) is 44.0 Å². The molecule has 2 N–H and O–H groups in total. The van der Waals surface area contributed by atoms with Gasteiger partial charge >= 0.3 is 0 Å². The number of aromatic nitrogens is 1. The molecule has 0 radical (unpaired) electrons. The first kappa shape index (κ1) is 12.7. The predicted molar refractivity (Wildman–Crippen MR) is 79.7 cm³/mol. The topological polar surface area (TPSA) is 59.2 Å². The molecule has 0 unspecified atom stereocenters. The molecular weight excluding hydrogens is 250 g/mol. The first-order valence-electron chi connectivity index (χ1n) is 6.77. The third kappa shape index (κ3) is 2.50. The Morgan fingerprint density at radius 3 is 2.45 bits per heavy atom. The van der Waals surface area contributed by atoms with Crippen molar-refractivity contribution in [2.24, 2.45) is 0 Å². The Morgan fingerprint density at radius 2 is 1.90 bits per heavy atom. The number of amides is 1. The van der Waals surface area contributed by atoms with E-state index in [0.717, 1.165) is 18.4 Å². The van der Waals surface area contributed by atoms with Crippen LogP contribution in [0, 0.1) is 6.92 Å². The maximum Gasteiger partial charge on any atom is 0.259 e. The number of benzene rings is 1. The summed E-state index contributed by atoms with van der Waals surface area (Å²) in [4.78, 5) is 18.7. The maximum absolute atomic E-state index is 12.7. The number of hydrogen-bond donors (Lipinski definition) is 1. The molecule has 2 aromatic rings. The summed E-state index contributed by atoms with van der Waals surface area (Å²) in [5.74, 6) is 0.678. The van der Waals surface area contributed by atoms with Crippen molar-refractivity contribution in [2.75, 3.05) is 10.6 Å². The number of nitrogen functional groups attached to an aromatic ring is 1. The molecule has 20 heavy (non-hydrogen) atoms. The molecule has 1 aromatic carbocycles. The molecule has 102 valence electrons. The highest BCUT2D eigenvalue weighted by atomic mass is 16.2. The molecule has 1 aromatic heterocycles. The van der Waals surface area contributed by atoms with Gasteiger partial charge in [0.25, 0.3) is 5.91 Å². The number of carbonyl (C=O) groups excluding carboxylic acids is 1. The molecule has 3 rings (SSSR count). The molecule has 0 atom stereocenters. The van der Waals surface area contributed by atoms with Crippen LogP contribution in [-0.4, -0.2) is 16.9 Å². The zero-order valence-corrected chi connectivity index (χ0v) is 11.4. The highest BCUT2D eigenvalue weighted by molar-refractivity contribution is 6.06. The summed E-state index contributed by atoms with van der Waals surface area (Å²) in [6.45, 7) is 2.01. The summed E-state index contributed by atoms with van der Waals surface area (Å²) in [7, 11) is 0. The van der Waals surface area contributed by atoms with Crippen molar-refractivity contribution in [2.45, 2.75) is 25.8 Å². The van der Waals surface area contributed by atoms with E-state index >= 15 is 0 Å². The van der Waals surface area contributed by atoms with E-state index in [0.29, 0.717) is 17.1 Å². The molecule has 1 aliphatic rings. The third-order valence-corrected chi connectivity index (χ3v) is 3.45. The van der Waals surface area contributed by atoms with Crippen LogP contribution in [-0.2, 0) is 0 Å². The van der Waals surface area contributed by atoms with E-state index in [4.69, 9.17) is 5.73 Å². The van der Waals surface area contributed by atoms with Crippen molar-refractivity contribution in [1.29, 1.82) is 0 Å². The van der Waals surface area contributed by atoms with Gasteiger partial charge in [-0.2, -0.15) is 0 Å². The smallest absolute Gasteiger partial charge is 0.259 e. The summed E-state index contributed by atoms with van der Waals surface area (Å²) in [6.07, 6.45) is 3.65. The summed E-state index contributed by atoms with van der Waals surface area (Å²) in [5.41, 5.74) is 8.10. The van der Waals surface area contributed by atoms with E-state index in [1.54, 1.807) is 23.2 Å². The molecule has 0 saturated heterocycles. The van der Waals surface area contributed by atoms with Crippen LogP contribution in [0.3, 0.4) is 0 Å². The highest BCUT2D eigenvalue weighted by Crippen LogP contribution is 2.32. The van der Waals surface area contributed by atoms with Gasteiger partial charge in [-0.1, -0.05) is 17.7 Å². The number of pyridine rings is 1. The van der Waals surface area contributed by atoms with Gasteiger partial charge in [-0.3, -0.25) is 9.69 Å². The Kier molecular flexibility index (Phi) is 3.14. The second-order valence-corrected chi connectivity index (χ2v) is 5.22. The largest absolute Gasteiger partial charge is 0.397 e. The Morgan fingerprint density at radius 1 is 1.20 bits per heavy atom. The van der Waals surface area contributed by atoms with E-state index in [1.807, 2.05) is 31.2 Å². The Bertz CT molecular complexity index is 615. The molecule has 1 aliphatic carbocycles. The molecule has 1 fully saturated rings. The van der Waals surface area contributed by atoms with Crippen molar-refractivity contribution in [1.82, 2.24) is 4.98 Å². The van der Waals surface area contributed by atoms with Gasteiger partial charge in [0.1, 0.15) is 5.82 Å². The number of anilines is 2. The molecule has 4 heteroatoms. The van der Waals surface area contributed by atoms with Crippen LogP contribution in [0.25, 0.3) is 0 Å². The molecule has 0 spiro atoms. The first-order valence-corrected chi connectivity index (χ1v) is 6.77. The fraction of sp³-hybridized carbons (Fsp3) is 0.250. The molecule has 1 heterocycles. The molecular formula is C16H17N3O. The Hall–Kier alpha value is -2.36. The summed E-state index contributed by atoms with van der Waals surface area (Å²) < 4.78 is 0. The SMILES string of the molecule is Cc1ccc(C(=O)N(c2ccc(N)cn2)C2CC2)cc1. The second kappa shape index (κ2) is 4.96. The number of carbonyl (C=O) groups is 1. The van der Waals surface area contributed by atoms with Gasteiger partial charge in [0, 0.05) is 11.6 Å². The third-order valence-electron chi connectivity index (χ3n) is 3.45. The minimum Gasteiger partial charge on any atom is -0.397 e. The zero-order chi connectivity index (χ0) is 14.1. The average Bonchev–Trinajstić information content (AvgIpc) is 3.26. The quantitative estimate of drug-likeness (QED) is 0.930. The van der Waals surface area contributed by atoms with E-state index in [-0.39, 0.29) is 11.9 Å². The molecule has 1 saturated carbocycles. The van der Waals surface area contributed by atoms with Gasteiger partial charge in [-0.15, -0.1) is 0 Å². The Labute approximate surface area is 118 Å². The summed E-state index contributed by atoms with van der Waals surface area (Å²) in [5, 5.41) is 0. The minimum atomic E-state index is 0.00442. The van der Waals surface area contributed by atoms with Crippen LogP contribution in [0.1, 0.15) is 28.8 Å². The molecule has 0 bridgehead atoms. The van der Waals surface area contributed by atoms with Crippen LogP contribution in [0.2, 0.25) is 0 Å². The lowest BCUT2D eigenvalue weighted by Crippen LogP contribution is -2.33. The predicted octanol–water partition coefficient (Wildman–Crippen LogP) is 2.78. The fourth-order valence-corrected chi connectivity index (χ4v) is 2.16. The number of aryl methyl sites for hydroxylation is 1. The number of rotatable bonds is 3. The number of nitrogens with zero attached hydrogens (tertiary/aromatic N) is 2. The number of nitrogens with two attached hydrogens (primary N) is 1. The zero-order valence-electron chi connectivity index (χ0n) is 11.4. The molecule has 0 aliphatic heterocycles. The van der Waals surface area contributed by atoms with Crippen molar-refractivity contribution in [3.63, 3.8) is 0 Å². The fourth-order valence-electron chi connectivity index (χ4n) is 2.16. The normalized spacial score (nSPS) is 14.1. The van der Waals surface area contributed by atoms with Gasteiger partial charge < -0.3 is 5.73 Å². The molecule has 1 amide bonds. The molecule has 4 nitrogen and oxygen atoms in total. The van der Waals surface area contributed by atoms with Gasteiger partial charge in [0.15, 0.2) is 0 Å². The van der Waals surface area contributed by atoms with Gasteiger partial charge in [0.05, 0.1) is 11.9 Å². The van der Waals surface area contributed by atoms with Gasteiger partial charge in [-0.25, -0.2) is 4.98 Å². The van der Waals surface area contributed by atoms with Crippen LogP contribution in [0.15, 0.2) is 42.6 Å². The van der Waals surface area contributed by atoms with Crippen LogP contribution < -0.4 is 10.6 Å². The van der Waals surface area contributed by atoms with Crippen molar-refractivity contribution < 1.29 is 4.79 Å². The van der Waals surface area contributed by atoms with Crippen molar-refractivity contribution >= 4 is 17.4 Å². The summed E-state index contributed by atoms with van der Waals surface area (Å²) >= 11 is 0. The number of hydrogen-bond acceptors (Lipinski definition) is 3. The van der Waals surface area contributed by atoms with Crippen LogP contribution in [0.5, 0.6) is 0 Å². The second-order valence-electron chi connectivity index (χ2n) is 5.22. The minimum absolute atomic E-state index is 0.00442. The lowest BCUT2D eigenvalue weighted by molar-refractivity contribution is 0.0984. The maximum atomic E-state index is 12.7.